The van der Waals surface area contributed by atoms with Gasteiger partial charge in [0.15, 0.2) is 0 Å². The van der Waals surface area contributed by atoms with E-state index in [9.17, 15) is 0 Å². The molecule has 0 aliphatic carbocycles. The van der Waals surface area contributed by atoms with E-state index in [-0.39, 0.29) is 5.41 Å². The molecule has 0 fully saturated rings. The average Bonchev–Trinajstić information content (AvgIpc) is 2.65. The minimum absolute atomic E-state index is 0.144. The van der Waals surface area contributed by atoms with Gasteiger partial charge in [-0.2, -0.15) is 0 Å². The van der Waals surface area contributed by atoms with Gasteiger partial charge in [-0.1, -0.05) is 51.1 Å². The third kappa shape index (κ3) is 1.62. The predicted octanol–water partition coefficient (Wildman–Crippen LogP) is 4.42. The molecule has 0 aliphatic rings. The van der Waals surface area contributed by atoms with E-state index in [1.807, 2.05) is 0 Å². The van der Waals surface area contributed by atoms with Gasteiger partial charge in [-0.3, -0.25) is 0 Å². The Morgan fingerprint density at radius 3 is 2.47 bits per heavy atom. The summed E-state index contributed by atoms with van der Waals surface area (Å²) in [7, 11) is 0. The van der Waals surface area contributed by atoms with Crippen molar-refractivity contribution in [1.29, 1.82) is 0 Å². The van der Waals surface area contributed by atoms with Crippen molar-refractivity contribution in [2.75, 3.05) is 0 Å². The number of benzene rings is 2. The van der Waals surface area contributed by atoms with Crippen molar-refractivity contribution in [1.82, 2.24) is 4.98 Å². The van der Waals surface area contributed by atoms with E-state index in [1.165, 1.54) is 21.9 Å². The third-order valence-electron chi connectivity index (χ3n) is 3.23. The molecular formula is C16H16N. The number of hydrogen-bond donors (Lipinski definition) is 1. The Balaban J connectivity index is 2.34. The van der Waals surface area contributed by atoms with Gasteiger partial charge in [0.2, 0.25) is 0 Å². The zero-order valence-electron chi connectivity index (χ0n) is 10.5. The Kier molecular flexibility index (Phi) is 2.06. The molecule has 0 unspecified atom stereocenters. The van der Waals surface area contributed by atoms with Crippen LogP contribution in [0.15, 0.2) is 36.4 Å². The highest BCUT2D eigenvalue weighted by atomic mass is 14.7. The number of fused-ring (bicyclic) bond motifs is 3. The Morgan fingerprint density at radius 1 is 0.941 bits per heavy atom. The van der Waals surface area contributed by atoms with Gasteiger partial charge in [0, 0.05) is 22.4 Å². The summed E-state index contributed by atoms with van der Waals surface area (Å²) in [6.07, 6.45) is 0. The number of para-hydroxylation sites is 1. The van der Waals surface area contributed by atoms with Crippen molar-refractivity contribution in [3.63, 3.8) is 0 Å². The standard InChI is InChI=1S/C16H16N/c1-16(2,3)11-8-9-13-12-6-4-5-7-14(12)17-15(13)10-11/h4-9,17H,1-3H3. The second kappa shape index (κ2) is 3.36. The van der Waals surface area contributed by atoms with Crippen LogP contribution >= 0.6 is 0 Å². The van der Waals surface area contributed by atoms with E-state index >= 15 is 0 Å². The summed E-state index contributed by atoms with van der Waals surface area (Å²) in [5.74, 6) is 0. The molecule has 2 aromatic carbocycles. The fraction of sp³-hybridized carbons (Fsp3) is 0.250. The molecule has 0 saturated heterocycles. The van der Waals surface area contributed by atoms with Crippen molar-refractivity contribution >= 4 is 21.8 Å². The van der Waals surface area contributed by atoms with Crippen LogP contribution in [-0.2, 0) is 5.41 Å². The van der Waals surface area contributed by atoms with Gasteiger partial charge in [-0.15, -0.1) is 0 Å². The van der Waals surface area contributed by atoms with E-state index in [2.05, 4.69) is 68.2 Å². The highest BCUT2D eigenvalue weighted by Crippen LogP contribution is 2.29. The second-order valence-corrected chi connectivity index (χ2v) is 5.58. The lowest BCUT2D eigenvalue weighted by atomic mass is 9.86. The van der Waals surface area contributed by atoms with Gasteiger partial charge in [0.05, 0.1) is 5.52 Å². The molecule has 0 saturated carbocycles. The monoisotopic (exact) mass is 222 g/mol. The van der Waals surface area contributed by atoms with Crippen molar-refractivity contribution in [2.45, 2.75) is 26.2 Å². The van der Waals surface area contributed by atoms with Gasteiger partial charge < -0.3 is 4.98 Å². The number of aromatic nitrogens is 1. The van der Waals surface area contributed by atoms with Crippen LogP contribution in [0.5, 0.6) is 0 Å². The molecular weight excluding hydrogens is 206 g/mol. The summed E-state index contributed by atoms with van der Waals surface area (Å²) in [6, 6.07) is 16.3. The van der Waals surface area contributed by atoms with Crippen molar-refractivity contribution in [3.8, 4) is 0 Å². The minimum atomic E-state index is 0.144. The van der Waals surface area contributed by atoms with Gasteiger partial charge in [0.25, 0.3) is 0 Å². The number of rotatable bonds is 0. The smallest absolute Gasteiger partial charge is 0.0548 e. The molecule has 1 heteroatoms. The molecule has 1 nitrogen and oxygen atoms in total. The maximum absolute atomic E-state index is 3.50. The lowest BCUT2D eigenvalue weighted by molar-refractivity contribution is 0.590. The summed E-state index contributed by atoms with van der Waals surface area (Å²) in [5.41, 5.74) is 3.69. The summed E-state index contributed by atoms with van der Waals surface area (Å²) in [4.78, 5) is 3.43. The second-order valence-electron chi connectivity index (χ2n) is 5.58. The van der Waals surface area contributed by atoms with E-state index < -0.39 is 0 Å². The first-order chi connectivity index (χ1) is 8.05. The molecule has 3 rings (SSSR count). The number of nitrogens with one attached hydrogen (secondary N) is 1. The SMILES string of the molecule is CC(C)(C)c1[c]c2[nH]c3ccccc3c2cc1. The molecule has 1 radical (unpaired) electrons. The fourth-order valence-electron chi connectivity index (χ4n) is 2.22. The average molecular weight is 222 g/mol. The highest BCUT2D eigenvalue weighted by Gasteiger charge is 2.15. The van der Waals surface area contributed by atoms with Crippen molar-refractivity contribution < 1.29 is 0 Å². The van der Waals surface area contributed by atoms with E-state index in [0.717, 1.165) is 5.52 Å². The van der Waals surface area contributed by atoms with Crippen LogP contribution in [0.25, 0.3) is 21.8 Å². The Labute approximate surface area is 101 Å². The third-order valence-corrected chi connectivity index (χ3v) is 3.23. The van der Waals surface area contributed by atoms with E-state index in [4.69, 9.17) is 0 Å². The summed E-state index contributed by atoms with van der Waals surface area (Å²) >= 11 is 0. The molecule has 0 aliphatic heterocycles. The van der Waals surface area contributed by atoms with E-state index in [0.29, 0.717) is 0 Å². The first-order valence-electron chi connectivity index (χ1n) is 5.99. The van der Waals surface area contributed by atoms with Crippen molar-refractivity contribution in [2.24, 2.45) is 0 Å². The van der Waals surface area contributed by atoms with Crippen LogP contribution in [0.2, 0.25) is 0 Å². The summed E-state index contributed by atoms with van der Waals surface area (Å²) in [6.45, 7) is 6.65. The highest BCUT2D eigenvalue weighted by molar-refractivity contribution is 6.07. The van der Waals surface area contributed by atoms with Crippen LogP contribution in [0.1, 0.15) is 26.3 Å². The first-order valence-corrected chi connectivity index (χ1v) is 5.99. The van der Waals surface area contributed by atoms with Crippen LogP contribution in [0.3, 0.4) is 0 Å². The summed E-state index contributed by atoms with van der Waals surface area (Å²) in [5, 5.41) is 2.54. The molecule has 85 valence electrons. The Bertz CT molecular complexity index is 683. The molecule has 0 amide bonds. The lowest BCUT2D eigenvalue weighted by Crippen LogP contribution is -2.10. The maximum atomic E-state index is 3.50. The van der Waals surface area contributed by atoms with Gasteiger partial charge in [-0.25, -0.2) is 0 Å². The summed E-state index contributed by atoms with van der Waals surface area (Å²) < 4.78 is 0. The quantitative estimate of drug-likeness (QED) is 0.579. The van der Waals surface area contributed by atoms with Crippen LogP contribution in [0, 0.1) is 6.07 Å². The van der Waals surface area contributed by atoms with Crippen LogP contribution < -0.4 is 0 Å². The molecule has 1 N–H and O–H groups in total. The van der Waals surface area contributed by atoms with E-state index in [1.54, 1.807) is 0 Å². The zero-order valence-corrected chi connectivity index (χ0v) is 10.5. The van der Waals surface area contributed by atoms with Gasteiger partial charge in [-0.05, 0) is 17.0 Å². The number of aromatic amines is 1. The largest absolute Gasteiger partial charge is 0.354 e. The predicted molar refractivity (Wildman–Crippen MR) is 73.3 cm³/mol. The maximum Gasteiger partial charge on any atom is 0.0548 e. The number of H-pyrrole nitrogens is 1. The van der Waals surface area contributed by atoms with Crippen LogP contribution in [0.4, 0.5) is 0 Å². The number of hydrogen-bond acceptors (Lipinski definition) is 0. The lowest BCUT2D eigenvalue weighted by Gasteiger charge is -2.18. The normalized spacial score (nSPS) is 12.4. The molecule has 1 aromatic heterocycles. The topological polar surface area (TPSA) is 15.8 Å². The van der Waals surface area contributed by atoms with Crippen LogP contribution in [-0.4, -0.2) is 4.98 Å². The molecule has 0 bridgehead atoms. The van der Waals surface area contributed by atoms with Gasteiger partial charge >= 0.3 is 0 Å². The molecule has 1 heterocycles. The molecule has 0 atom stereocenters. The van der Waals surface area contributed by atoms with Gasteiger partial charge in [0.1, 0.15) is 0 Å². The molecule has 0 spiro atoms. The zero-order chi connectivity index (χ0) is 12.0. The van der Waals surface area contributed by atoms with Crippen molar-refractivity contribution in [3.05, 3.63) is 48.0 Å². The molecule has 3 aromatic rings. The first kappa shape index (κ1) is 10.4. The molecule has 17 heavy (non-hydrogen) atoms. The Morgan fingerprint density at radius 2 is 1.71 bits per heavy atom. The minimum Gasteiger partial charge on any atom is -0.354 e. The Hall–Kier alpha value is -1.76. The fourth-order valence-corrected chi connectivity index (χ4v) is 2.22.